The minimum absolute atomic E-state index is 0.0314. The van der Waals surface area contributed by atoms with Crippen molar-refractivity contribution in [1.29, 1.82) is 0 Å². The predicted molar refractivity (Wildman–Crippen MR) is 78.1 cm³/mol. The molecule has 0 atom stereocenters. The van der Waals surface area contributed by atoms with Crippen LogP contribution in [0.3, 0.4) is 0 Å². The summed E-state index contributed by atoms with van der Waals surface area (Å²) in [5.41, 5.74) is 0.664. The number of carboxylic acids is 1. The highest BCUT2D eigenvalue weighted by Crippen LogP contribution is 2.31. The first-order chi connectivity index (χ1) is 9.78. The van der Waals surface area contributed by atoms with Crippen molar-refractivity contribution in [1.82, 2.24) is 0 Å². The fraction of sp³-hybridized carbons (Fsp3) is 0.333. The van der Waals surface area contributed by atoms with E-state index < -0.39 is 21.7 Å². The molecule has 0 aliphatic carbocycles. The summed E-state index contributed by atoms with van der Waals surface area (Å²) in [5, 5.41) is 8.73. The number of amides is 1. The molecule has 1 aliphatic rings. The van der Waals surface area contributed by atoms with Crippen LogP contribution in [0.5, 0.6) is 0 Å². The Balaban J connectivity index is 2.19. The summed E-state index contributed by atoms with van der Waals surface area (Å²) < 4.78 is 25.2. The van der Waals surface area contributed by atoms with Crippen molar-refractivity contribution in [3.63, 3.8) is 0 Å². The van der Waals surface area contributed by atoms with Crippen LogP contribution in [-0.2, 0) is 19.6 Å². The molecule has 2 N–H and O–H groups in total. The molecule has 1 amide bonds. The quantitative estimate of drug-likeness (QED) is 0.845. The molecule has 21 heavy (non-hydrogen) atoms. The molecule has 7 nitrogen and oxygen atoms in total. The van der Waals surface area contributed by atoms with E-state index in [1.165, 1.54) is 23.1 Å². The third-order valence-electron chi connectivity index (χ3n) is 2.90. The second-order valence-corrected chi connectivity index (χ2v) is 6.70. The maximum Gasteiger partial charge on any atom is 0.320 e. The summed E-state index contributed by atoms with van der Waals surface area (Å²) in [4.78, 5) is 23.6. The standard InChI is InChI=1S/C12H13ClN2O5S/c13-9-6-8(14-21(19,20)7-12(17)18)3-4-10(9)15-5-1-2-11(15)16/h3-4,6,14H,1-2,5,7H2,(H,17,18). The molecule has 0 radical (unpaired) electrons. The zero-order valence-corrected chi connectivity index (χ0v) is 12.4. The van der Waals surface area contributed by atoms with Crippen LogP contribution in [0.4, 0.5) is 11.4 Å². The van der Waals surface area contributed by atoms with E-state index in [9.17, 15) is 18.0 Å². The Kier molecular flexibility index (Phi) is 4.38. The Hall–Kier alpha value is -1.80. The average Bonchev–Trinajstić information content (AvgIpc) is 2.73. The number of hydrogen-bond acceptors (Lipinski definition) is 4. The molecule has 1 aromatic carbocycles. The second kappa shape index (κ2) is 5.90. The topological polar surface area (TPSA) is 104 Å². The Morgan fingerprint density at radius 3 is 2.67 bits per heavy atom. The van der Waals surface area contributed by atoms with Crippen LogP contribution < -0.4 is 9.62 Å². The van der Waals surface area contributed by atoms with Crippen molar-refractivity contribution in [2.75, 3.05) is 21.9 Å². The van der Waals surface area contributed by atoms with E-state index in [1.807, 2.05) is 0 Å². The van der Waals surface area contributed by atoms with Crippen LogP contribution in [0.15, 0.2) is 18.2 Å². The summed E-state index contributed by atoms with van der Waals surface area (Å²) in [6.45, 7) is 0.572. The number of sulfonamides is 1. The van der Waals surface area contributed by atoms with Gasteiger partial charge in [-0.15, -0.1) is 0 Å². The number of carbonyl (C=O) groups is 2. The van der Waals surface area contributed by atoms with Crippen molar-refractivity contribution in [3.8, 4) is 0 Å². The van der Waals surface area contributed by atoms with Crippen LogP contribution >= 0.6 is 11.6 Å². The molecule has 0 saturated carbocycles. The Morgan fingerprint density at radius 1 is 1.43 bits per heavy atom. The highest BCUT2D eigenvalue weighted by Gasteiger charge is 2.24. The maximum absolute atomic E-state index is 11.7. The van der Waals surface area contributed by atoms with Gasteiger partial charge in [0.1, 0.15) is 0 Å². The molecule has 0 unspecified atom stereocenters. The number of hydrogen-bond donors (Lipinski definition) is 2. The number of aliphatic carboxylic acids is 1. The van der Waals surface area contributed by atoms with E-state index in [4.69, 9.17) is 16.7 Å². The highest BCUT2D eigenvalue weighted by molar-refractivity contribution is 7.93. The average molecular weight is 333 g/mol. The Labute approximate surface area is 126 Å². The molecule has 1 aliphatic heterocycles. The molecule has 1 saturated heterocycles. The van der Waals surface area contributed by atoms with Crippen molar-refractivity contribution < 1.29 is 23.1 Å². The highest BCUT2D eigenvalue weighted by atomic mass is 35.5. The molecule has 1 heterocycles. The summed E-state index contributed by atoms with van der Waals surface area (Å²) in [5.74, 6) is -2.51. The van der Waals surface area contributed by atoms with Gasteiger partial charge in [0.15, 0.2) is 5.75 Å². The third-order valence-corrected chi connectivity index (χ3v) is 4.38. The Bertz CT molecular complexity index is 689. The van der Waals surface area contributed by atoms with Gasteiger partial charge in [-0.2, -0.15) is 0 Å². The van der Waals surface area contributed by atoms with Gasteiger partial charge < -0.3 is 10.0 Å². The van der Waals surface area contributed by atoms with Gasteiger partial charge in [-0.1, -0.05) is 11.6 Å². The zero-order chi connectivity index (χ0) is 15.6. The molecular weight excluding hydrogens is 320 g/mol. The van der Waals surface area contributed by atoms with E-state index in [-0.39, 0.29) is 16.6 Å². The Morgan fingerprint density at radius 2 is 2.14 bits per heavy atom. The lowest BCUT2D eigenvalue weighted by Crippen LogP contribution is -2.24. The van der Waals surface area contributed by atoms with E-state index in [2.05, 4.69) is 4.72 Å². The zero-order valence-electron chi connectivity index (χ0n) is 10.9. The van der Waals surface area contributed by atoms with Crippen molar-refractivity contribution >= 4 is 44.9 Å². The van der Waals surface area contributed by atoms with E-state index in [0.717, 1.165) is 6.42 Å². The lowest BCUT2D eigenvalue weighted by atomic mass is 10.2. The molecule has 114 valence electrons. The van der Waals surface area contributed by atoms with Crippen LogP contribution in [0.2, 0.25) is 5.02 Å². The maximum atomic E-state index is 11.7. The number of nitrogens with zero attached hydrogens (tertiary/aromatic N) is 1. The molecule has 1 aromatic rings. The number of halogens is 1. The van der Waals surface area contributed by atoms with Gasteiger partial charge in [0.05, 0.1) is 16.4 Å². The lowest BCUT2D eigenvalue weighted by molar-refractivity contribution is -0.134. The molecule has 0 aromatic heterocycles. The molecule has 2 rings (SSSR count). The first kappa shape index (κ1) is 15.6. The number of carboxylic acid groups (broad SMARTS) is 1. The van der Waals surface area contributed by atoms with Crippen molar-refractivity contribution in [3.05, 3.63) is 23.2 Å². The fourth-order valence-corrected chi connectivity index (χ4v) is 3.24. The van der Waals surface area contributed by atoms with Gasteiger partial charge in [0.25, 0.3) is 0 Å². The predicted octanol–water partition coefficient (Wildman–Crippen LogP) is 1.29. The third kappa shape index (κ3) is 3.85. The lowest BCUT2D eigenvalue weighted by Gasteiger charge is -2.18. The number of benzene rings is 1. The normalized spacial score (nSPS) is 15.3. The van der Waals surface area contributed by atoms with E-state index in [0.29, 0.717) is 18.7 Å². The van der Waals surface area contributed by atoms with Gasteiger partial charge >= 0.3 is 5.97 Å². The summed E-state index contributed by atoms with van der Waals surface area (Å²) >= 11 is 6.06. The van der Waals surface area contributed by atoms with Gasteiger partial charge in [-0.3, -0.25) is 14.3 Å². The number of nitrogens with one attached hydrogen (secondary N) is 1. The van der Waals surface area contributed by atoms with Gasteiger partial charge in [0, 0.05) is 13.0 Å². The van der Waals surface area contributed by atoms with Crippen LogP contribution in [-0.4, -0.2) is 37.7 Å². The summed E-state index contributed by atoms with van der Waals surface area (Å²) in [6, 6.07) is 4.32. The smallest absolute Gasteiger partial charge is 0.320 e. The molecule has 9 heteroatoms. The number of rotatable bonds is 5. The molecule has 0 spiro atoms. The second-order valence-electron chi connectivity index (χ2n) is 4.57. The molecule has 0 bridgehead atoms. The largest absolute Gasteiger partial charge is 0.480 e. The SMILES string of the molecule is O=C(O)CS(=O)(=O)Nc1ccc(N2CCCC2=O)c(Cl)c1. The number of anilines is 2. The van der Waals surface area contributed by atoms with Crippen LogP contribution in [0.1, 0.15) is 12.8 Å². The summed E-state index contributed by atoms with van der Waals surface area (Å²) in [7, 11) is -3.98. The number of carbonyl (C=O) groups excluding carboxylic acids is 1. The molecule has 1 fully saturated rings. The van der Waals surface area contributed by atoms with Gasteiger partial charge in [0.2, 0.25) is 15.9 Å². The van der Waals surface area contributed by atoms with Gasteiger partial charge in [-0.05, 0) is 24.6 Å². The fourth-order valence-electron chi connectivity index (χ4n) is 2.07. The van der Waals surface area contributed by atoms with Crippen molar-refractivity contribution in [2.45, 2.75) is 12.8 Å². The van der Waals surface area contributed by atoms with Crippen molar-refractivity contribution in [2.24, 2.45) is 0 Å². The first-order valence-electron chi connectivity index (χ1n) is 6.11. The van der Waals surface area contributed by atoms with E-state index in [1.54, 1.807) is 0 Å². The minimum Gasteiger partial charge on any atom is -0.480 e. The van der Waals surface area contributed by atoms with Crippen LogP contribution in [0, 0.1) is 0 Å². The van der Waals surface area contributed by atoms with Crippen LogP contribution in [0.25, 0.3) is 0 Å². The monoisotopic (exact) mass is 332 g/mol. The summed E-state index contributed by atoms with van der Waals surface area (Å²) in [6.07, 6.45) is 1.21. The molecular formula is C12H13ClN2O5S. The minimum atomic E-state index is -3.98. The van der Waals surface area contributed by atoms with Gasteiger partial charge in [-0.25, -0.2) is 8.42 Å². The first-order valence-corrected chi connectivity index (χ1v) is 8.14. The van der Waals surface area contributed by atoms with E-state index >= 15 is 0 Å².